The first-order valence-electron chi connectivity index (χ1n) is 6.97. The number of hydrogen-bond acceptors (Lipinski definition) is 6. The predicted octanol–water partition coefficient (Wildman–Crippen LogP) is 2.87. The van der Waals surface area contributed by atoms with E-state index < -0.39 is 5.97 Å². The highest BCUT2D eigenvalue weighted by atomic mass is 32.2. The first-order chi connectivity index (χ1) is 11.2. The Morgan fingerprint density at radius 3 is 3.00 bits per heavy atom. The molecule has 3 rings (SSSR count). The molecule has 23 heavy (non-hydrogen) atoms. The monoisotopic (exact) mass is 329 g/mol. The van der Waals surface area contributed by atoms with Crippen molar-refractivity contribution in [2.24, 2.45) is 0 Å². The third-order valence-corrected chi connectivity index (χ3v) is 4.34. The van der Waals surface area contributed by atoms with Gasteiger partial charge in [0.1, 0.15) is 11.8 Å². The number of carbonyl (C=O) groups is 1. The van der Waals surface area contributed by atoms with Crippen molar-refractivity contribution in [1.29, 1.82) is 0 Å². The van der Waals surface area contributed by atoms with Gasteiger partial charge in [-0.05, 0) is 24.1 Å². The number of nitrogens with zero attached hydrogens (tertiary/aromatic N) is 3. The molecular formula is C16H15N3O3S. The molecule has 1 aromatic heterocycles. The van der Waals surface area contributed by atoms with E-state index in [1.54, 1.807) is 37.3 Å². The first-order valence-corrected chi connectivity index (χ1v) is 7.78. The number of methoxy groups -OCH3 is 1. The minimum Gasteiger partial charge on any atom is -0.478 e. The Balaban J connectivity index is 1.95. The number of carboxylic acids is 1. The fraction of sp³-hybridized carbons (Fsp3) is 0.188. The van der Waals surface area contributed by atoms with Gasteiger partial charge >= 0.3 is 5.97 Å². The van der Waals surface area contributed by atoms with Crippen LogP contribution in [-0.4, -0.2) is 34.9 Å². The number of aliphatic carboxylic acids is 1. The first kappa shape index (κ1) is 15.5. The maximum atomic E-state index is 10.6. The van der Waals surface area contributed by atoms with E-state index in [1.807, 2.05) is 23.1 Å². The van der Waals surface area contributed by atoms with Crippen LogP contribution in [0.15, 0.2) is 52.7 Å². The van der Waals surface area contributed by atoms with E-state index in [0.717, 1.165) is 33.1 Å². The quantitative estimate of drug-likeness (QED) is 0.845. The van der Waals surface area contributed by atoms with Gasteiger partial charge in [-0.25, -0.2) is 14.8 Å². The molecule has 0 radical (unpaired) electrons. The number of rotatable bonds is 5. The molecule has 0 bridgehead atoms. The smallest absolute Gasteiger partial charge is 0.327 e. The van der Waals surface area contributed by atoms with E-state index >= 15 is 0 Å². The number of benzene rings is 1. The Hall–Kier alpha value is -2.38. The second kappa shape index (κ2) is 6.80. The van der Waals surface area contributed by atoms with Crippen molar-refractivity contribution in [2.45, 2.75) is 16.3 Å². The second-order valence-electron chi connectivity index (χ2n) is 4.88. The number of ether oxygens (including phenoxy) is 1. The molecule has 2 heterocycles. The zero-order valence-electron chi connectivity index (χ0n) is 12.5. The number of fused-ring (bicyclic) bond motifs is 2. The van der Waals surface area contributed by atoms with Crippen LogP contribution in [0.4, 0.5) is 11.5 Å². The zero-order chi connectivity index (χ0) is 16.2. The largest absolute Gasteiger partial charge is 0.478 e. The highest BCUT2D eigenvalue weighted by Gasteiger charge is 2.25. The molecule has 0 atom stereocenters. The van der Waals surface area contributed by atoms with Crippen LogP contribution in [0, 0.1) is 0 Å². The van der Waals surface area contributed by atoms with Gasteiger partial charge in [0.2, 0.25) is 0 Å². The molecule has 0 saturated carbocycles. The molecule has 7 heteroatoms. The summed E-state index contributed by atoms with van der Waals surface area (Å²) in [6, 6.07) is 6.04. The van der Waals surface area contributed by atoms with E-state index in [1.165, 1.54) is 0 Å². The van der Waals surface area contributed by atoms with Crippen LogP contribution in [0.2, 0.25) is 0 Å². The minimum absolute atomic E-state index is 0.369. The lowest BCUT2D eigenvalue weighted by Gasteiger charge is -2.30. The molecule has 0 amide bonds. The number of hydrogen-bond donors (Lipinski definition) is 1. The van der Waals surface area contributed by atoms with Crippen LogP contribution in [0.1, 0.15) is 5.56 Å². The van der Waals surface area contributed by atoms with Crippen molar-refractivity contribution < 1.29 is 14.6 Å². The predicted molar refractivity (Wildman–Crippen MR) is 87.1 cm³/mol. The summed E-state index contributed by atoms with van der Waals surface area (Å²) in [7, 11) is 1.64. The summed E-state index contributed by atoms with van der Waals surface area (Å²) in [4.78, 5) is 22.4. The molecule has 1 aromatic carbocycles. The third-order valence-electron chi connectivity index (χ3n) is 3.30. The molecule has 2 aromatic rings. The van der Waals surface area contributed by atoms with Gasteiger partial charge in [0, 0.05) is 30.5 Å². The van der Waals surface area contributed by atoms with Crippen LogP contribution in [0.5, 0.6) is 0 Å². The van der Waals surface area contributed by atoms with Gasteiger partial charge in [0.05, 0.1) is 5.69 Å². The van der Waals surface area contributed by atoms with Crippen molar-refractivity contribution in [2.75, 3.05) is 18.7 Å². The third kappa shape index (κ3) is 3.35. The van der Waals surface area contributed by atoms with Crippen molar-refractivity contribution >= 4 is 29.2 Å². The molecule has 1 N–H and O–H groups in total. The van der Waals surface area contributed by atoms with Crippen molar-refractivity contribution in [3.63, 3.8) is 0 Å². The highest BCUT2D eigenvalue weighted by molar-refractivity contribution is 7.99. The van der Waals surface area contributed by atoms with Gasteiger partial charge in [-0.3, -0.25) is 4.90 Å². The Morgan fingerprint density at radius 2 is 2.22 bits per heavy atom. The van der Waals surface area contributed by atoms with Gasteiger partial charge < -0.3 is 9.84 Å². The average Bonchev–Trinajstić information content (AvgIpc) is 2.55. The van der Waals surface area contributed by atoms with Crippen LogP contribution in [0.3, 0.4) is 0 Å². The van der Waals surface area contributed by atoms with E-state index in [9.17, 15) is 4.79 Å². The normalized spacial score (nSPS) is 13.0. The molecule has 0 fully saturated rings. The molecule has 6 nitrogen and oxygen atoms in total. The zero-order valence-corrected chi connectivity index (χ0v) is 13.3. The summed E-state index contributed by atoms with van der Waals surface area (Å²) in [5, 5.41) is 9.52. The minimum atomic E-state index is -0.941. The molecule has 0 spiro atoms. The standard InChI is InChI=1S/C16H15N3O3S/c1-22-10-19-12-9-11(3-2-4-14(20)21)5-6-13(12)23-16-15(19)17-7-8-18-16/h2,4-9H,3,10H2,1H3,(H,20,21). The van der Waals surface area contributed by atoms with E-state index in [4.69, 9.17) is 9.84 Å². The fourth-order valence-electron chi connectivity index (χ4n) is 2.34. The van der Waals surface area contributed by atoms with Gasteiger partial charge in [0.15, 0.2) is 5.82 Å². The number of allylic oxidation sites excluding steroid dienone is 1. The average molecular weight is 329 g/mol. The number of aromatic nitrogens is 2. The van der Waals surface area contributed by atoms with Crippen LogP contribution < -0.4 is 4.90 Å². The van der Waals surface area contributed by atoms with Gasteiger partial charge in [-0.1, -0.05) is 23.9 Å². The number of carboxylic acid groups (broad SMARTS) is 1. The summed E-state index contributed by atoms with van der Waals surface area (Å²) >= 11 is 1.57. The second-order valence-corrected chi connectivity index (χ2v) is 5.91. The summed E-state index contributed by atoms with van der Waals surface area (Å²) < 4.78 is 5.30. The summed E-state index contributed by atoms with van der Waals surface area (Å²) in [6.07, 6.45) is 6.67. The van der Waals surface area contributed by atoms with Crippen molar-refractivity contribution in [3.05, 3.63) is 48.3 Å². The lowest BCUT2D eigenvalue weighted by Crippen LogP contribution is -2.24. The Labute approximate surface area is 137 Å². The molecule has 0 unspecified atom stereocenters. The molecule has 1 aliphatic heterocycles. The number of anilines is 2. The highest BCUT2D eigenvalue weighted by Crippen LogP contribution is 2.46. The lowest BCUT2D eigenvalue weighted by molar-refractivity contribution is -0.131. The summed E-state index contributed by atoms with van der Waals surface area (Å²) in [5.41, 5.74) is 2.02. The van der Waals surface area contributed by atoms with Crippen molar-refractivity contribution in [1.82, 2.24) is 9.97 Å². The maximum Gasteiger partial charge on any atom is 0.327 e. The Kier molecular flexibility index (Phi) is 4.59. The van der Waals surface area contributed by atoms with Crippen LogP contribution in [0.25, 0.3) is 0 Å². The van der Waals surface area contributed by atoms with E-state index in [2.05, 4.69) is 9.97 Å². The van der Waals surface area contributed by atoms with Crippen LogP contribution in [-0.2, 0) is 16.0 Å². The summed E-state index contributed by atoms with van der Waals surface area (Å²) in [6.45, 7) is 0.369. The van der Waals surface area contributed by atoms with E-state index in [0.29, 0.717) is 13.2 Å². The van der Waals surface area contributed by atoms with Gasteiger partial charge in [-0.15, -0.1) is 0 Å². The molecule has 118 valence electrons. The summed E-state index contributed by atoms with van der Waals surface area (Å²) in [5.74, 6) is -0.172. The topological polar surface area (TPSA) is 75.5 Å². The maximum absolute atomic E-state index is 10.6. The SMILES string of the molecule is COCN1c2cc(CC=CC(=O)O)ccc2Sc2nccnc21. The van der Waals surface area contributed by atoms with E-state index in [-0.39, 0.29) is 0 Å². The fourth-order valence-corrected chi connectivity index (χ4v) is 3.32. The van der Waals surface area contributed by atoms with Crippen molar-refractivity contribution in [3.8, 4) is 0 Å². The molecule has 0 aliphatic carbocycles. The Bertz CT molecular complexity index is 764. The van der Waals surface area contributed by atoms with Gasteiger partial charge in [-0.2, -0.15) is 0 Å². The molecular weight excluding hydrogens is 314 g/mol. The van der Waals surface area contributed by atoms with Crippen LogP contribution >= 0.6 is 11.8 Å². The Morgan fingerprint density at radius 1 is 1.39 bits per heavy atom. The van der Waals surface area contributed by atoms with Gasteiger partial charge in [0.25, 0.3) is 0 Å². The molecule has 1 aliphatic rings. The molecule has 0 saturated heterocycles. The lowest BCUT2D eigenvalue weighted by atomic mass is 10.1.